The molecule has 1 heterocycles. The molecule has 21 heavy (non-hydrogen) atoms. The summed E-state index contributed by atoms with van der Waals surface area (Å²) < 4.78 is 29.3. The summed E-state index contributed by atoms with van der Waals surface area (Å²) in [4.78, 5) is 2.78. The average molecular weight is 438 g/mol. The number of likely N-dealkylation sites (tertiary alicyclic amines) is 1. The summed E-state index contributed by atoms with van der Waals surface area (Å²) in [6.45, 7) is 2.00. The fourth-order valence-corrected chi connectivity index (χ4v) is 5.60. The highest BCUT2D eigenvalue weighted by atomic mass is 79.9. The Morgan fingerprint density at radius 3 is 2.38 bits per heavy atom. The van der Waals surface area contributed by atoms with Gasteiger partial charge in [-0.3, -0.25) is 0 Å². The maximum absolute atomic E-state index is 12.5. The first-order valence-corrected chi connectivity index (χ1v) is 10.2. The molecule has 0 bridgehead atoms. The molecule has 0 atom stereocenters. The van der Waals surface area contributed by atoms with Gasteiger partial charge < -0.3 is 4.90 Å². The lowest BCUT2D eigenvalue weighted by Crippen LogP contribution is -2.45. The number of rotatable bonds is 4. The van der Waals surface area contributed by atoms with Crippen LogP contribution >= 0.6 is 31.9 Å². The number of benzene rings is 1. The highest BCUT2D eigenvalue weighted by Gasteiger charge is 2.33. The van der Waals surface area contributed by atoms with Crippen LogP contribution in [0.5, 0.6) is 0 Å². The predicted molar refractivity (Wildman–Crippen MR) is 89.8 cm³/mol. The van der Waals surface area contributed by atoms with Gasteiger partial charge in [-0.2, -0.15) is 0 Å². The highest BCUT2D eigenvalue weighted by molar-refractivity contribution is 9.11. The minimum Gasteiger partial charge on any atom is -0.300 e. The lowest BCUT2D eigenvalue weighted by molar-refractivity contribution is 0.199. The first-order valence-electron chi connectivity index (χ1n) is 7.17. The highest BCUT2D eigenvalue weighted by Crippen LogP contribution is 2.30. The van der Waals surface area contributed by atoms with E-state index in [2.05, 4.69) is 41.5 Å². The molecule has 0 unspecified atom stereocenters. The molecule has 7 heteroatoms. The van der Waals surface area contributed by atoms with Crippen LogP contribution in [0.3, 0.4) is 0 Å². The number of nitrogens with zero attached hydrogens (tertiary/aromatic N) is 1. The Morgan fingerprint density at radius 1 is 1.10 bits per heavy atom. The van der Waals surface area contributed by atoms with Crippen molar-refractivity contribution in [1.82, 2.24) is 9.62 Å². The summed E-state index contributed by atoms with van der Waals surface area (Å²) in [5, 5.41) is 0. The van der Waals surface area contributed by atoms with Crippen molar-refractivity contribution in [2.45, 2.75) is 42.7 Å². The van der Waals surface area contributed by atoms with E-state index in [9.17, 15) is 8.42 Å². The van der Waals surface area contributed by atoms with Crippen LogP contribution < -0.4 is 4.72 Å². The molecule has 0 radical (unpaired) electrons. The number of sulfonamides is 1. The molecule has 1 saturated carbocycles. The van der Waals surface area contributed by atoms with Gasteiger partial charge in [0, 0.05) is 21.0 Å². The van der Waals surface area contributed by atoms with Crippen molar-refractivity contribution >= 4 is 41.9 Å². The van der Waals surface area contributed by atoms with Crippen LogP contribution in [0.4, 0.5) is 0 Å². The van der Waals surface area contributed by atoms with E-state index in [1.54, 1.807) is 12.1 Å². The van der Waals surface area contributed by atoms with E-state index in [1.807, 2.05) is 6.07 Å². The lowest BCUT2D eigenvalue weighted by atomic mass is 10.1. The number of halogens is 2. The van der Waals surface area contributed by atoms with Crippen molar-refractivity contribution in [2.75, 3.05) is 13.1 Å². The Morgan fingerprint density at radius 2 is 1.76 bits per heavy atom. The van der Waals surface area contributed by atoms with E-state index >= 15 is 0 Å². The molecule has 3 rings (SSSR count). The molecule has 2 fully saturated rings. The largest absolute Gasteiger partial charge is 0.300 e. The Hall–Kier alpha value is 0.0500. The van der Waals surface area contributed by atoms with E-state index < -0.39 is 10.0 Å². The number of nitrogens with one attached hydrogen (secondary N) is 1. The van der Waals surface area contributed by atoms with Gasteiger partial charge in [0.15, 0.2) is 0 Å². The molecule has 2 aliphatic rings. The van der Waals surface area contributed by atoms with Gasteiger partial charge in [0.2, 0.25) is 10.0 Å². The van der Waals surface area contributed by atoms with Gasteiger partial charge in [-0.15, -0.1) is 0 Å². The summed E-state index contributed by atoms with van der Waals surface area (Å²) >= 11 is 6.64. The van der Waals surface area contributed by atoms with Crippen LogP contribution in [-0.4, -0.2) is 38.5 Å². The molecular weight excluding hydrogens is 420 g/mol. The Bertz CT molecular complexity index is 624. The first kappa shape index (κ1) is 15.9. The molecule has 1 N–H and O–H groups in total. The Kier molecular flexibility index (Phi) is 4.76. The average Bonchev–Trinajstić information content (AvgIpc) is 3.26. The third kappa shape index (κ3) is 3.88. The summed E-state index contributed by atoms with van der Waals surface area (Å²) in [5.41, 5.74) is 0. The van der Waals surface area contributed by atoms with Gasteiger partial charge in [0.25, 0.3) is 0 Å². The lowest BCUT2D eigenvalue weighted by Gasteiger charge is -2.32. The standard InChI is InChI=1S/C14H18Br2N2O2S/c15-10-1-4-13(16)14(9-10)21(19,20)17-11-5-7-18(8-6-11)12-2-3-12/h1,4,9,11-12,17H,2-3,5-8H2. The molecule has 1 aromatic carbocycles. The molecule has 4 nitrogen and oxygen atoms in total. The SMILES string of the molecule is O=S(=O)(NC1CCN(C2CC2)CC1)c1cc(Br)ccc1Br. The quantitative estimate of drug-likeness (QED) is 0.787. The third-order valence-electron chi connectivity index (χ3n) is 4.10. The predicted octanol–water partition coefficient (Wildman–Crippen LogP) is 3.12. The van der Waals surface area contributed by atoms with Crippen molar-refractivity contribution in [2.24, 2.45) is 0 Å². The van der Waals surface area contributed by atoms with Crippen molar-refractivity contribution in [1.29, 1.82) is 0 Å². The second-order valence-electron chi connectivity index (χ2n) is 5.74. The zero-order valence-electron chi connectivity index (χ0n) is 11.6. The molecule has 0 amide bonds. The van der Waals surface area contributed by atoms with Crippen LogP contribution in [0.25, 0.3) is 0 Å². The van der Waals surface area contributed by atoms with Gasteiger partial charge in [0.05, 0.1) is 4.90 Å². The third-order valence-corrected chi connectivity index (χ3v) is 7.11. The number of hydrogen-bond donors (Lipinski definition) is 1. The molecular formula is C14H18Br2N2O2S. The molecule has 116 valence electrons. The van der Waals surface area contributed by atoms with Crippen molar-refractivity contribution in [3.63, 3.8) is 0 Å². The van der Waals surface area contributed by atoms with Crippen LogP contribution in [0.15, 0.2) is 32.0 Å². The van der Waals surface area contributed by atoms with Crippen LogP contribution in [0.1, 0.15) is 25.7 Å². The van der Waals surface area contributed by atoms with Crippen molar-refractivity contribution < 1.29 is 8.42 Å². The zero-order chi connectivity index (χ0) is 15.0. The minimum atomic E-state index is -3.48. The molecule has 0 aromatic heterocycles. The molecule has 1 saturated heterocycles. The summed E-state index contributed by atoms with van der Waals surface area (Å²) in [5.74, 6) is 0. The Balaban J connectivity index is 1.67. The smallest absolute Gasteiger partial charge is 0.241 e. The monoisotopic (exact) mass is 436 g/mol. The minimum absolute atomic E-state index is 0.0379. The summed E-state index contributed by atoms with van der Waals surface area (Å²) in [6.07, 6.45) is 4.39. The fourth-order valence-electron chi connectivity index (χ4n) is 2.79. The van der Waals surface area contributed by atoms with Gasteiger partial charge in [-0.1, -0.05) is 15.9 Å². The second-order valence-corrected chi connectivity index (χ2v) is 9.19. The molecule has 1 aliphatic heterocycles. The number of piperidine rings is 1. The van der Waals surface area contributed by atoms with Gasteiger partial charge in [0.1, 0.15) is 0 Å². The van der Waals surface area contributed by atoms with E-state index in [1.165, 1.54) is 12.8 Å². The fraction of sp³-hybridized carbons (Fsp3) is 0.571. The van der Waals surface area contributed by atoms with E-state index in [0.29, 0.717) is 9.37 Å². The first-order chi connectivity index (χ1) is 9.95. The van der Waals surface area contributed by atoms with Crippen LogP contribution in [-0.2, 0) is 10.0 Å². The maximum atomic E-state index is 12.5. The van der Waals surface area contributed by atoms with E-state index in [-0.39, 0.29) is 6.04 Å². The van der Waals surface area contributed by atoms with Gasteiger partial charge in [-0.05, 0) is 72.9 Å². The second kappa shape index (κ2) is 6.28. The molecule has 1 aliphatic carbocycles. The normalized spacial score (nSPS) is 21.6. The van der Waals surface area contributed by atoms with Crippen LogP contribution in [0, 0.1) is 0 Å². The Labute approximate surface area is 142 Å². The van der Waals surface area contributed by atoms with E-state index in [0.717, 1.165) is 36.4 Å². The van der Waals surface area contributed by atoms with Crippen molar-refractivity contribution in [3.8, 4) is 0 Å². The number of hydrogen-bond acceptors (Lipinski definition) is 3. The van der Waals surface area contributed by atoms with Crippen LogP contribution in [0.2, 0.25) is 0 Å². The van der Waals surface area contributed by atoms with Crippen molar-refractivity contribution in [3.05, 3.63) is 27.1 Å². The maximum Gasteiger partial charge on any atom is 0.241 e. The zero-order valence-corrected chi connectivity index (χ0v) is 15.5. The molecule has 1 aromatic rings. The topological polar surface area (TPSA) is 49.4 Å². The van der Waals surface area contributed by atoms with Gasteiger partial charge >= 0.3 is 0 Å². The summed E-state index contributed by atoms with van der Waals surface area (Å²) in [7, 11) is -3.48. The van der Waals surface area contributed by atoms with E-state index in [4.69, 9.17) is 0 Å². The summed E-state index contributed by atoms with van der Waals surface area (Å²) in [6, 6.07) is 6.00. The van der Waals surface area contributed by atoms with Gasteiger partial charge in [-0.25, -0.2) is 13.1 Å². The molecule has 0 spiro atoms.